The highest BCUT2D eigenvalue weighted by molar-refractivity contribution is 8.01. The fraction of sp³-hybridized carbons (Fsp3) is 0.250. The molecular weight excluding hydrogens is 444 g/mol. The number of nitrogens with zero attached hydrogens (tertiary/aromatic N) is 2. The van der Waals surface area contributed by atoms with E-state index in [0.29, 0.717) is 11.3 Å². The second kappa shape index (κ2) is 9.91. The lowest BCUT2D eigenvalue weighted by Gasteiger charge is -2.44. The van der Waals surface area contributed by atoms with Gasteiger partial charge >= 0.3 is 11.9 Å². The zero-order chi connectivity index (χ0) is 23.4. The van der Waals surface area contributed by atoms with Gasteiger partial charge in [0.1, 0.15) is 24.8 Å². The van der Waals surface area contributed by atoms with Crippen LogP contribution in [-0.2, 0) is 28.7 Å². The molecule has 2 heterocycles. The molecule has 1 amide bonds. The first-order valence-corrected chi connectivity index (χ1v) is 11.3. The third kappa shape index (κ3) is 4.63. The Kier molecular flexibility index (Phi) is 6.79. The minimum Gasteiger partial charge on any atom is -0.461 e. The largest absolute Gasteiger partial charge is 0.461 e. The van der Waals surface area contributed by atoms with Gasteiger partial charge in [-0.15, -0.1) is 11.8 Å². The van der Waals surface area contributed by atoms with Crippen molar-refractivity contribution in [3.63, 3.8) is 0 Å². The van der Waals surface area contributed by atoms with E-state index in [0.717, 1.165) is 11.1 Å². The molecule has 2 aliphatic heterocycles. The number of hydrogen-bond acceptors (Lipinski definition) is 8. The van der Waals surface area contributed by atoms with Crippen LogP contribution < -0.4 is 0 Å². The van der Waals surface area contributed by atoms with E-state index >= 15 is 0 Å². The molecule has 0 saturated carbocycles. The molecule has 0 aromatic heterocycles. The van der Waals surface area contributed by atoms with Gasteiger partial charge < -0.3 is 14.3 Å². The van der Waals surface area contributed by atoms with E-state index in [9.17, 15) is 14.4 Å². The molecule has 0 spiro atoms. The number of rotatable bonds is 7. The minimum atomic E-state index is -0.682. The minimum absolute atomic E-state index is 0.0805. The zero-order valence-electron chi connectivity index (χ0n) is 18.1. The molecule has 0 bridgehead atoms. The quantitative estimate of drug-likeness (QED) is 0.352. The van der Waals surface area contributed by atoms with E-state index in [1.165, 1.54) is 30.7 Å². The standard InChI is InChI=1S/C24H22N2O6S/c1-15(27)31-13-18-14-33-23-19(25-30-2)22(28)26(23)20(18)24(29)32-21(16-9-5-3-6-10-16)17-11-7-4-8-12-17/h3-12,21,23H,13-14H2,1-2H3/t23-/m1/s1. The molecule has 2 aromatic carbocycles. The Morgan fingerprint density at radius 1 is 1.09 bits per heavy atom. The van der Waals surface area contributed by atoms with E-state index in [4.69, 9.17) is 14.3 Å². The lowest BCUT2D eigenvalue weighted by Crippen LogP contribution is -2.62. The summed E-state index contributed by atoms with van der Waals surface area (Å²) in [4.78, 5) is 43.8. The molecule has 33 heavy (non-hydrogen) atoms. The Morgan fingerprint density at radius 3 is 2.24 bits per heavy atom. The highest BCUT2D eigenvalue weighted by Crippen LogP contribution is 2.40. The molecule has 0 unspecified atom stereocenters. The van der Waals surface area contributed by atoms with Gasteiger partial charge in [0, 0.05) is 18.2 Å². The molecule has 9 heteroatoms. The number of carbonyl (C=O) groups is 3. The van der Waals surface area contributed by atoms with Crippen molar-refractivity contribution >= 4 is 35.3 Å². The maximum Gasteiger partial charge on any atom is 0.356 e. The Labute approximate surface area is 195 Å². The number of β-lactam (4-membered cyclic amide) rings is 1. The summed E-state index contributed by atoms with van der Waals surface area (Å²) in [6, 6.07) is 18.7. The lowest BCUT2D eigenvalue weighted by atomic mass is 10.0. The molecule has 8 nitrogen and oxygen atoms in total. The summed E-state index contributed by atoms with van der Waals surface area (Å²) in [6.45, 7) is 1.18. The van der Waals surface area contributed by atoms with Crippen LogP contribution in [0.4, 0.5) is 0 Å². The summed E-state index contributed by atoms with van der Waals surface area (Å²) in [7, 11) is 1.36. The number of esters is 2. The number of oxime groups is 1. The molecule has 1 atom stereocenters. The molecule has 4 rings (SSSR count). The van der Waals surface area contributed by atoms with Crippen LogP contribution in [0.5, 0.6) is 0 Å². The monoisotopic (exact) mass is 466 g/mol. The van der Waals surface area contributed by atoms with Gasteiger partial charge in [-0.05, 0) is 11.1 Å². The van der Waals surface area contributed by atoms with Gasteiger partial charge in [-0.25, -0.2) is 4.79 Å². The lowest BCUT2D eigenvalue weighted by molar-refractivity contribution is -0.148. The van der Waals surface area contributed by atoms with Gasteiger partial charge in [-0.2, -0.15) is 0 Å². The molecule has 0 radical (unpaired) electrons. The molecule has 170 valence electrons. The number of amides is 1. The smallest absolute Gasteiger partial charge is 0.356 e. The summed E-state index contributed by atoms with van der Waals surface area (Å²) < 4.78 is 11.1. The summed E-state index contributed by atoms with van der Waals surface area (Å²) in [5, 5.41) is 3.32. The average molecular weight is 467 g/mol. The zero-order valence-corrected chi connectivity index (χ0v) is 18.9. The summed E-state index contributed by atoms with van der Waals surface area (Å²) in [5.41, 5.74) is 2.38. The number of thioether (sulfide) groups is 1. The second-order valence-corrected chi connectivity index (χ2v) is 8.41. The van der Waals surface area contributed by atoms with Crippen molar-refractivity contribution in [2.45, 2.75) is 18.4 Å². The Balaban J connectivity index is 1.69. The maximum absolute atomic E-state index is 13.5. The predicted molar refractivity (Wildman–Crippen MR) is 122 cm³/mol. The van der Waals surface area contributed by atoms with Crippen molar-refractivity contribution in [3.05, 3.63) is 83.1 Å². The number of hydrogen-bond donors (Lipinski definition) is 0. The van der Waals surface area contributed by atoms with Gasteiger partial charge in [0.05, 0.1) is 0 Å². The van der Waals surface area contributed by atoms with Crippen molar-refractivity contribution in [1.29, 1.82) is 0 Å². The number of benzene rings is 2. The van der Waals surface area contributed by atoms with Crippen molar-refractivity contribution in [2.75, 3.05) is 19.5 Å². The normalized spacial score (nSPS) is 18.6. The van der Waals surface area contributed by atoms with Gasteiger partial charge in [-0.1, -0.05) is 65.8 Å². The highest BCUT2D eigenvalue weighted by atomic mass is 32.2. The van der Waals surface area contributed by atoms with E-state index in [2.05, 4.69) is 5.16 Å². The van der Waals surface area contributed by atoms with Crippen molar-refractivity contribution < 1.29 is 28.7 Å². The third-order valence-electron chi connectivity index (χ3n) is 5.16. The molecular formula is C24H22N2O6S. The van der Waals surface area contributed by atoms with Crippen molar-refractivity contribution in [3.8, 4) is 0 Å². The molecule has 0 N–H and O–H groups in total. The molecule has 2 aliphatic rings. The SMILES string of the molecule is CON=C1C(=O)N2C(C(=O)OC(c3ccccc3)c3ccccc3)=C(COC(C)=O)CS[C@H]12. The Morgan fingerprint density at radius 2 is 1.70 bits per heavy atom. The molecule has 2 aromatic rings. The Hall–Kier alpha value is -3.59. The predicted octanol–water partition coefficient (Wildman–Crippen LogP) is 3.05. The number of carbonyl (C=O) groups excluding carboxylic acids is 3. The van der Waals surface area contributed by atoms with E-state index < -0.39 is 29.3 Å². The first kappa shape index (κ1) is 22.6. The summed E-state index contributed by atoms with van der Waals surface area (Å²) in [6.07, 6.45) is -0.682. The Bertz CT molecular complexity index is 1080. The van der Waals surface area contributed by atoms with Gasteiger partial charge in [0.15, 0.2) is 11.8 Å². The third-order valence-corrected chi connectivity index (χ3v) is 6.42. The first-order chi connectivity index (χ1) is 16.0. The van der Waals surface area contributed by atoms with Crippen LogP contribution in [0.15, 0.2) is 77.1 Å². The average Bonchev–Trinajstić information content (AvgIpc) is 2.84. The van der Waals surface area contributed by atoms with Gasteiger partial charge in [-0.3, -0.25) is 14.5 Å². The van der Waals surface area contributed by atoms with E-state index in [-0.39, 0.29) is 18.0 Å². The summed E-state index contributed by atoms with van der Waals surface area (Å²) in [5.74, 6) is -1.23. The van der Waals surface area contributed by atoms with Crippen LogP contribution in [0.1, 0.15) is 24.2 Å². The van der Waals surface area contributed by atoms with Crippen LogP contribution >= 0.6 is 11.8 Å². The van der Waals surface area contributed by atoms with Crippen molar-refractivity contribution in [2.24, 2.45) is 5.16 Å². The van der Waals surface area contributed by atoms with E-state index in [1.807, 2.05) is 60.7 Å². The highest BCUT2D eigenvalue weighted by Gasteiger charge is 2.52. The van der Waals surface area contributed by atoms with Crippen LogP contribution in [0.2, 0.25) is 0 Å². The number of ether oxygens (including phenoxy) is 2. The molecule has 1 saturated heterocycles. The van der Waals surface area contributed by atoms with Crippen LogP contribution in [0.3, 0.4) is 0 Å². The topological polar surface area (TPSA) is 94.5 Å². The fourth-order valence-corrected chi connectivity index (χ4v) is 4.88. The molecule has 0 aliphatic carbocycles. The van der Waals surface area contributed by atoms with Crippen LogP contribution in [0.25, 0.3) is 0 Å². The van der Waals surface area contributed by atoms with Crippen LogP contribution in [-0.4, -0.2) is 53.3 Å². The van der Waals surface area contributed by atoms with Crippen molar-refractivity contribution in [1.82, 2.24) is 4.90 Å². The fourth-order valence-electron chi connectivity index (χ4n) is 3.65. The second-order valence-electron chi connectivity index (χ2n) is 7.34. The first-order valence-electron chi connectivity index (χ1n) is 10.2. The maximum atomic E-state index is 13.5. The van der Waals surface area contributed by atoms with Crippen LogP contribution in [0, 0.1) is 0 Å². The van der Waals surface area contributed by atoms with E-state index in [1.54, 1.807) is 0 Å². The molecule has 1 fully saturated rings. The summed E-state index contributed by atoms with van der Waals surface area (Å²) >= 11 is 1.39. The number of fused-ring (bicyclic) bond motifs is 1. The van der Waals surface area contributed by atoms with Gasteiger partial charge in [0.2, 0.25) is 0 Å². The van der Waals surface area contributed by atoms with Gasteiger partial charge in [0.25, 0.3) is 5.91 Å².